The third kappa shape index (κ3) is 4.69. The number of hydrogen-bond acceptors (Lipinski definition) is 2. The molecule has 0 aliphatic carbocycles. The maximum absolute atomic E-state index is 12.2. The van der Waals surface area contributed by atoms with Gasteiger partial charge in [0, 0.05) is 11.4 Å². The molecule has 0 unspecified atom stereocenters. The number of rotatable bonds is 4. The molecule has 0 aliphatic rings. The van der Waals surface area contributed by atoms with E-state index in [2.05, 4.69) is 0 Å². The Kier molecular flexibility index (Phi) is 7.48. The number of thioether (sulfide) groups is 1. The van der Waals surface area contributed by atoms with Crippen molar-refractivity contribution in [3.05, 3.63) is 41.7 Å². The molecule has 0 saturated heterocycles. The minimum Gasteiger partial charge on any atom is -0.327 e. The van der Waals surface area contributed by atoms with Gasteiger partial charge in [0.15, 0.2) is 0 Å². The molecular formula is C11H15ClFNS. The van der Waals surface area contributed by atoms with Crippen LogP contribution < -0.4 is 5.73 Å². The van der Waals surface area contributed by atoms with E-state index in [9.17, 15) is 4.39 Å². The summed E-state index contributed by atoms with van der Waals surface area (Å²) in [5.41, 5.74) is 7.10. The van der Waals surface area contributed by atoms with Gasteiger partial charge in [-0.3, -0.25) is 0 Å². The van der Waals surface area contributed by atoms with Crippen molar-refractivity contribution in [2.24, 2.45) is 5.73 Å². The van der Waals surface area contributed by atoms with Gasteiger partial charge in [-0.1, -0.05) is 12.1 Å². The Bertz CT molecular complexity index is 311. The average Bonchev–Trinajstić information content (AvgIpc) is 2.26. The summed E-state index contributed by atoms with van der Waals surface area (Å²) in [4.78, 5) is 1.22. The predicted molar refractivity (Wildman–Crippen MR) is 67.4 cm³/mol. The molecule has 0 fully saturated rings. The highest BCUT2D eigenvalue weighted by atomic mass is 35.5. The highest BCUT2D eigenvalue weighted by molar-refractivity contribution is 7.98. The van der Waals surface area contributed by atoms with E-state index in [-0.39, 0.29) is 19.0 Å². The summed E-state index contributed by atoms with van der Waals surface area (Å²) in [6.07, 6.45) is 3.23. The maximum atomic E-state index is 12.2. The quantitative estimate of drug-likeness (QED) is 0.827. The van der Waals surface area contributed by atoms with Gasteiger partial charge >= 0.3 is 0 Å². The molecule has 15 heavy (non-hydrogen) atoms. The predicted octanol–water partition coefficient (Wildman–Crippen LogP) is 3.18. The molecule has 0 heterocycles. The first-order chi connectivity index (χ1) is 6.80. The minimum atomic E-state index is 0. The van der Waals surface area contributed by atoms with Crippen molar-refractivity contribution in [3.63, 3.8) is 0 Å². The van der Waals surface area contributed by atoms with Gasteiger partial charge in [0.1, 0.15) is 0 Å². The van der Waals surface area contributed by atoms with Crippen LogP contribution in [0.15, 0.2) is 41.1 Å². The Balaban J connectivity index is 0.00000196. The Hall–Kier alpha value is -0.510. The second kappa shape index (κ2) is 7.74. The van der Waals surface area contributed by atoms with E-state index >= 15 is 0 Å². The molecular weight excluding hydrogens is 233 g/mol. The van der Waals surface area contributed by atoms with Gasteiger partial charge in [0.05, 0.1) is 6.33 Å². The first kappa shape index (κ1) is 14.5. The van der Waals surface area contributed by atoms with Gasteiger partial charge in [-0.15, -0.1) is 24.2 Å². The summed E-state index contributed by atoms with van der Waals surface area (Å²) >= 11 is 1.69. The van der Waals surface area contributed by atoms with E-state index in [1.54, 1.807) is 11.8 Å². The number of nitrogens with two attached hydrogens (primary N) is 1. The zero-order chi connectivity index (χ0) is 10.4. The van der Waals surface area contributed by atoms with Gasteiger partial charge in [0.2, 0.25) is 0 Å². The number of halogens is 2. The molecule has 84 valence electrons. The van der Waals surface area contributed by atoms with Crippen LogP contribution in [0.1, 0.15) is 5.56 Å². The maximum Gasteiger partial charge on any atom is 0.0875 e. The first-order valence-electron chi connectivity index (χ1n) is 4.41. The molecule has 1 nitrogen and oxygen atoms in total. The van der Waals surface area contributed by atoms with Crippen LogP contribution in [0.2, 0.25) is 0 Å². The number of hydrogen-bond donors (Lipinski definition) is 1. The molecule has 4 heteroatoms. The molecule has 0 saturated carbocycles. The summed E-state index contributed by atoms with van der Waals surface area (Å²) in [5.74, 6) is 0. The molecule has 0 bridgehead atoms. The van der Waals surface area contributed by atoms with E-state index in [1.807, 2.05) is 30.5 Å². The lowest BCUT2D eigenvalue weighted by molar-refractivity contribution is 0.699. The lowest BCUT2D eigenvalue weighted by Gasteiger charge is -2.03. The normalized spacial score (nSPS) is 11.0. The summed E-state index contributed by atoms with van der Waals surface area (Å²) in [5, 5.41) is 0. The van der Waals surface area contributed by atoms with Gasteiger partial charge in [-0.2, -0.15) is 0 Å². The van der Waals surface area contributed by atoms with Crippen molar-refractivity contribution >= 4 is 24.2 Å². The smallest absolute Gasteiger partial charge is 0.0875 e. The fourth-order valence-corrected chi connectivity index (χ4v) is 1.57. The average molecular weight is 248 g/mol. The van der Waals surface area contributed by atoms with E-state index in [0.29, 0.717) is 18.3 Å². The van der Waals surface area contributed by atoms with E-state index in [4.69, 9.17) is 5.73 Å². The fourth-order valence-electron chi connectivity index (χ4n) is 1.16. The van der Waals surface area contributed by atoms with Crippen molar-refractivity contribution < 1.29 is 4.39 Å². The Morgan fingerprint density at radius 2 is 2.00 bits per heavy atom. The van der Waals surface area contributed by atoms with Crippen LogP contribution in [0.5, 0.6) is 0 Å². The van der Waals surface area contributed by atoms with Crippen molar-refractivity contribution in [2.45, 2.75) is 11.3 Å². The van der Waals surface area contributed by atoms with E-state index < -0.39 is 0 Å². The van der Waals surface area contributed by atoms with Crippen LogP contribution in [0, 0.1) is 0 Å². The third-order valence-corrected chi connectivity index (χ3v) is 2.75. The van der Waals surface area contributed by atoms with Crippen LogP contribution in [0.25, 0.3) is 0 Å². The van der Waals surface area contributed by atoms with Gasteiger partial charge in [-0.25, -0.2) is 4.39 Å². The molecule has 0 spiro atoms. The fraction of sp³-hybridized carbons (Fsp3) is 0.273. The molecule has 0 atom stereocenters. The summed E-state index contributed by atoms with van der Waals surface area (Å²) in [6, 6.07) is 8.08. The second-order valence-corrected chi connectivity index (χ2v) is 3.88. The largest absolute Gasteiger partial charge is 0.327 e. The van der Waals surface area contributed by atoms with Crippen LogP contribution >= 0.6 is 24.2 Å². The molecule has 0 amide bonds. The van der Waals surface area contributed by atoms with Crippen molar-refractivity contribution in [2.75, 3.05) is 12.8 Å². The van der Waals surface area contributed by atoms with Crippen LogP contribution in [0.3, 0.4) is 0 Å². The zero-order valence-electron chi connectivity index (χ0n) is 8.57. The Labute approximate surface area is 100 Å². The van der Waals surface area contributed by atoms with Crippen molar-refractivity contribution in [1.29, 1.82) is 0 Å². The molecule has 2 N–H and O–H groups in total. The van der Waals surface area contributed by atoms with Crippen LogP contribution in [0.4, 0.5) is 4.39 Å². The van der Waals surface area contributed by atoms with Gasteiger partial charge < -0.3 is 5.73 Å². The van der Waals surface area contributed by atoms with Crippen molar-refractivity contribution in [3.8, 4) is 0 Å². The highest BCUT2D eigenvalue weighted by Crippen LogP contribution is 2.16. The highest BCUT2D eigenvalue weighted by Gasteiger charge is 1.98. The SMILES string of the molecule is CSc1ccc(C/C(=C\F)CN)cc1.Cl. The first-order valence-corrected chi connectivity index (χ1v) is 5.63. The molecule has 0 aromatic heterocycles. The van der Waals surface area contributed by atoms with Gasteiger partial charge in [-0.05, 0) is 35.9 Å². The molecule has 1 aromatic rings. The monoisotopic (exact) mass is 247 g/mol. The van der Waals surface area contributed by atoms with Crippen LogP contribution in [-0.4, -0.2) is 12.8 Å². The summed E-state index contributed by atoms with van der Waals surface area (Å²) < 4.78 is 12.2. The Morgan fingerprint density at radius 3 is 2.40 bits per heavy atom. The molecule has 1 aromatic carbocycles. The molecule has 1 rings (SSSR count). The second-order valence-electron chi connectivity index (χ2n) is 3.00. The zero-order valence-corrected chi connectivity index (χ0v) is 10.2. The summed E-state index contributed by atoms with van der Waals surface area (Å²) in [6.45, 7) is 0.279. The number of benzene rings is 1. The summed E-state index contributed by atoms with van der Waals surface area (Å²) in [7, 11) is 0. The van der Waals surface area contributed by atoms with Crippen LogP contribution in [-0.2, 0) is 6.42 Å². The molecule has 0 aliphatic heterocycles. The third-order valence-electron chi connectivity index (χ3n) is 2.01. The lowest BCUT2D eigenvalue weighted by atomic mass is 10.1. The molecule has 0 radical (unpaired) electrons. The van der Waals surface area contributed by atoms with Crippen molar-refractivity contribution in [1.82, 2.24) is 0 Å². The minimum absolute atomic E-state index is 0. The van der Waals surface area contributed by atoms with Gasteiger partial charge in [0.25, 0.3) is 0 Å². The topological polar surface area (TPSA) is 26.0 Å². The lowest BCUT2D eigenvalue weighted by Crippen LogP contribution is -2.05. The van der Waals surface area contributed by atoms with E-state index in [1.165, 1.54) is 4.90 Å². The Morgan fingerprint density at radius 1 is 1.40 bits per heavy atom. The standard InChI is InChI=1S/C11H14FNS.ClH/c1-14-11-4-2-9(3-5-11)6-10(7-12)8-13;/h2-5,7H,6,8,13H2,1H3;1H/b10-7+;. The van der Waals surface area contributed by atoms with E-state index in [0.717, 1.165) is 5.56 Å².